The van der Waals surface area contributed by atoms with Gasteiger partial charge in [-0.15, -0.1) is 0 Å². The van der Waals surface area contributed by atoms with E-state index in [2.05, 4.69) is 20.7 Å². The number of amides is 1. The summed E-state index contributed by atoms with van der Waals surface area (Å²) in [5, 5.41) is 0. The number of aromatic nitrogens is 2. The SMILES string of the molecule is Cc1c(NS(=O)(=O)c2ccc(C(=O)N3CC(C)(C)c4cc(Br)c(F)cc43)cc2)c(=O)n(-c2ccccc2)n1C. The molecule has 1 aromatic heterocycles. The van der Waals surface area contributed by atoms with Crippen molar-refractivity contribution < 1.29 is 17.6 Å². The Labute approximate surface area is 233 Å². The number of hydrogen-bond donors (Lipinski definition) is 1. The van der Waals surface area contributed by atoms with Crippen LogP contribution in [0.3, 0.4) is 0 Å². The molecule has 2 heterocycles. The molecule has 1 aliphatic heterocycles. The van der Waals surface area contributed by atoms with Crippen molar-refractivity contribution in [1.29, 1.82) is 0 Å². The molecular weight excluding hydrogens is 587 g/mol. The molecule has 1 amide bonds. The van der Waals surface area contributed by atoms with Crippen molar-refractivity contribution in [2.45, 2.75) is 31.1 Å². The molecular formula is C28H26BrFN4O4S. The van der Waals surface area contributed by atoms with E-state index in [1.165, 1.54) is 39.9 Å². The standard InChI is InChI=1S/C28H26BrFN4O4S/c1-17-25(27(36)34(32(17)4)19-8-6-5-7-9-19)31-39(37,38)20-12-10-18(11-13-20)26(35)33-16-28(2,3)21-14-22(29)23(30)15-24(21)33/h5-15,31H,16H2,1-4H3. The highest BCUT2D eigenvalue weighted by Crippen LogP contribution is 2.43. The molecule has 0 saturated heterocycles. The van der Waals surface area contributed by atoms with Crippen molar-refractivity contribution in [2.75, 3.05) is 16.2 Å². The van der Waals surface area contributed by atoms with Gasteiger partial charge in [0.1, 0.15) is 11.5 Å². The van der Waals surface area contributed by atoms with E-state index in [4.69, 9.17) is 0 Å². The maximum Gasteiger partial charge on any atom is 0.296 e. The molecule has 8 nitrogen and oxygen atoms in total. The fourth-order valence-corrected chi connectivity index (χ4v) is 6.32. The third kappa shape index (κ3) is 4.59. The second-order valence-electron chi connectivity index (χ2n) is 10.1. The minimum absolute atomic E-state index is 0.0643. The largest absolute Gasteiger partial charge is 0.307 e. The van der Waals surface area contributed by atoms with Crippen molar-refractivity contribution in [3.63, 3.8) is 0 Å². The zero-order chi connectivity index (χ0) is 28.3. The van der Waals surface area contributed by atoms with E-state index < -0.39 is 26.8 Å². The summed E-state index contributed by atoms with van der Waals surface area (Å²) in [6.45, 7) is 5.95. The number of para-hydroxylation sites is 1. The quantitative estimate of drug-likeness (QED) is 0.338. The zero-order valence-electron chi connectivity index (χ0n) is 21.7. The molecule has 0 spiro atoms. The van der Waals surface area contributed by atoms with Crippen molar-refractivity contribution in [2.24, 2.45) is 7.05 Å². The lowest BCUT2D eigenvalue weighted by Crippen LogP contribution is -2.34. The summed E-state index contributed by atoms with van der Waals surface area (Å²) in [7, 11) is -2.47. The first-order chi connectivity index (χ1) is 18.3. The number of benzene rings is 3. The summed E-state index contributed by atoms with van der Waals surface area (Å²) < 4.78 is 46.4. The average molecular weight is 614 g/mol. The van der Waals surface area contributed by atoms with Crippen LogP contribution in [0.25, 0.3) is 5.69 Å². The molecule has 1 N–H and O–H groups in total. The normalized spacial score (nSPS) is 14.4. The first-order valence-corrected chi connectivity index (χ1v) is 14.4. The van der Waals surface area contributed by atoms with Gasteiger partial charge in [0, 0.05) is 24.6 Å². The maximum absolute atomic E-state index is 14.3. The molecule has 0 saturated carbocycles. The lowest BCUT2D eigenvalue weighted by molar-refractivity contribution is 0.0986. The summed E-state index contributed by atoms with van der Waals surface area (Å²) in [6, 6.07) is 17.4. The van der Waals surface area contributed by atoms with Gasteiger partial charge in [-0.25, -0.2) is 17.5 Å². The first-order valence-electron chi connectivity index (χ1n) is 12.1. The van der Waals surface area contributed by atoms with Crippen LogP contribution in [0.1, 0.15) is 35.5 Å². The zero-order valence-corrected chi connectivity index (χ0v) is 24.1. The molecule has 5 rings (SSSR count). The number of hydrogen-bond acceptors (Lipinski definition) is 4. The summed E-state index contributed by atoms with van der Waals surface area (Å²) in [5.41, 5.74) is 1.65. The number of halogens is 2. The number of anilines is 2. The van der Waals surface area contributed by atoms with Crippen molar-refractivity contribution in [3.05, 3.63) is 104 Å². The van der Waals surface area contributed by atoms with Gasteiger partial charge in [-0.1, -0.05) is 32.0 Å². The van der Waals surface area contributed by atoms with Gasteiger partial charge < -0.3 is 4.90 Å². The molecule has 202 valence electrons. The number of fused-ring (bicyclic) bond motifs is 1. The van der Waals surface area contributed by atoms with Crippen LogP contribution in [0.4, 0.5) is 15.8 Å². The molecule has 3 aromatic carbocycles. The Kier molecular flexibility index (Phi) is 6.54. The monoisotopic (exact) mass is 612 g/mol. The topological polar surface area (TPSA) is 93.4 Å². The molecule has 0 aliphatic carbocycles. The lowest BCUT2D eigenvalue weighted by Gasteiger charge is -2.21. The molecule has 4 aromatic rings. The summed E-state index contributed by atoms with van der Waals surface area (Å²) >= 11 is 3.21. The predicted molar refractivity (Wildman–Crippen MR) is 152 cm³/mol. The molecule has 0 unspecified atom stereocenters. The number of nitrogens with zero attached hydrogens (tertiary/aromatic N) is 3. The van der Waals surface area contributed by atoms with E-state index in [1.54, 1.807) is 49.0 Å². The Morgan fingerprint density at radius 3 is 2.33 bits per heavy atom. The van der Waals surface area contributed by atoms with Crippen molar-refractivity contribution in [1.82, 2.24) is 9.36 Å². The summed E-state index contributed by atoms with van der Waals surface area (Å²) in [4.78, 5) is 27.9. The first kappa shape index (κ1) is 26.9. The van der Waals surface area contributed by atoms with Crippen molar-refractivity contribution >= 4 is 43.2 Å². The van der Waals surface area contributed by atoms with E-state index in [0.29, 0.717) is 28.1 Å². The van der Waals surface area contributed by atoms with Gasteiger partial charge in [0.2, 0.25) is 0 Å². The number of carbonyl (C=O) groups is 1. The molecule has 0 bridgehead atoms. The maximum atomic E-state index is 14.3. The van der Waals surface area contributed by atoms with E-state index in [9.17, 15) is 22.4 Å². The van der Waals surface area contributed by atoms with Gasteiger partial charge in [0.25, 0.3) is 21.5 Å². The number of sulfonamides is 1. The minimum Gasteiger partial charge on any atom is -0.307 e. The highest BCUT2D eigenvalue weighted by atomic mass is 79.9. The van der Waals surface area contributed by atoms with Crippen LogP contribution in [-0.4, -0.2) is 30.2 Å². The Morgan fingerprint density at radius 2 is 1.69 bits per heavy atom. The van der Waals surface area contributed by atoms with Gasteiger partial charge in [0.05, 0.1) is 26.4 Å². The minimum atomic E-state index is -4.14. The smallest absolute Gasteiger partial charge is 0.296 e. The average Bonchev–Trinajstić information content (AvgIpc) is 3.28. The van der Waals surface area contributed by atoms with E-state index in [1.807, 2.05) is 19.9 Å². The van der Waals surface area contributed by atoms with Crippen LogP contribution in [-0.2, 0) is 22.5 Å². The molecule has 1 aliphatic rings. The van der Waals surface area contributed by atoms with Gasteiger partial charge in [-0.2, -0.15) is 0 Å². The molecule has 39 heavy (non-hydrogen) atoms. The molecule has 11 heteroatoms. The van der Waals surface area contributed by atoms with Crippen LogP contribution in [0.2, 0.25) is 0 Å². The Hall–Kier alpha value is -3.70. The second kappa shape index (κ2) is 9.49. The fourth-order valence-electron chi connectivity index (χ4n) is 4.86. The third-order valence-corrected chi connectivity index (χ3v) is 9.03. The summed E-state index contributed by atoms with van der Waals surface area (Å²) in [5.74, 6) is -0.843. The molecule has 0 radical (unpaired) electrons. The van der Waals surface area contributed by atoms with Crippen LogP contribution < -0.4 is 15.2 Å². The molecule has 0 atom stereocenters. The van der Waals surface area contributed by atoms with Crippen molar-refractivity contribution in [3.8, 4) is 5.69 Å². The highest BCUT2D eigenvalue weighted by Gasteiger charge is 2.39. The Morgan fingerprint density at radius 1 is 1.05 bits per heavy atom. The van der Waals surface area contributed by atoms with Crippen LogP contribution in [0, 0.1) is 12.7 Å². The Bertz CT molecular complexity index is 1780. The highest BCUT2D eigenvalue weighted by molar-refractivity contribution is 9.10. The predicted octanol–water partition coefficient (Wildman–Crippen LogP) is 5.12. The summed E-state index contributed by atoms with van der Waals surface area (Å²) in [6.07, 6.45) is 0. The van der Waals surface area contributed by atoms with E-state index in [0.717, 1.165) is 5.56 Å². The number of carbonyl (C=O) groups excluding carboxylic acids is 1. The second-order valence-corrected chi connectivity index (χ2v) is 12.7. The van der Waals surface area contributed by atoms with Crippen LogP contribution in [0.5, 0.6) is 0 Å². The van der Waals surface area contributed by atoms with Crippen LogP contribution >= 0.6 is 15.9 Å². The van der Waals surface area contributed by atoms with Gasteiger partial charge in [-0.05, 0) is 76.9 Å². The third-order valence-electron chi connectivity index (χ3n) is 7.06. The van der Waals surface area contributed by atoms with Gasteiger partial charge in [-0.3, -0.25) is 19.0 Å². The lowest BCUT2D eigenvalue weighted by atomic mass is 9.87. The van der Waals surface area contributed by atoms with Crippen LogP contribution in [0.15, 0.2) is 80.9 Å². The van der Waals surface area contributed by atoms with E-state index >= 15 is 0 Å². The number of nitrogens with one attached hydrogen (secondary N) is 1. The van der Waals surface area contributed by atoms with Gasteiger partial charge >= 0.3 is 0 Å². The van der Waals surface area contributed by atoms with E-state index in [-0.39, 0.29) is 22.1 Å². The molecule has 0 fully saturated rings. The van der Waals surface area contributed by atoms with Gasteiger partial charge in [0.15, 0.2) is 0 Å². The fraction of sp³-hybridized carbons (Fsp3) is 0.214. The Balaban J connectivity index is 1.43. The number of rotatable bonds is 5.